The van der Waals surface area contributed by atoms with Gasteiger partial charge in [-0.1, -0.05) is 34.6 Å². The van der Waals surface area contributed by atoms with Crippen LogP contribution in [0.2, 0.25) is 0 Å². The van der Waals surface area contributed by atoms with Gasteiger partial charge in [-0.25, -0.2) is 0 Å². The lowest BCUT2D eigenvalue weighted by Crippen LogP contribution is -2.39. The monoisotopic (exact) mass is 422 g/mol. The van der Waals surface area contributed by atoms with Gasteiger partial charge in [0.25, 0.3) is 0 Å². The molecule has 5 nitrogen and oxygen atoms in total. The molecule has 0 aromatic carbocycles. The number of hydrogen-bond donors (Lipinski definition) is 0. The Kier molecular flexibility index (Phi) is 6.91. The molecule has 3 rings (SSSR count). The first kappa shape index (κ1) is 23.6. The van der Waals surface area contributed by atoms with E-state index in [4.69, 9.17) is 14.2 Å². The summed E-state index contributed by atoms with van der Waals surface area (Å²) < 4.78 is 16.6. The fraction of sp³-hybridized carbons (Fsp3) is 0.920. The highest BCUT2D eigenvalue weighted by atomic mass is 16.7. The van der Waals surface area contributed by atoms with Crippen molar-refractivity contribution in [1.82, 2.24) is 0 Å². The van der Waals surface area contributed by atoms with Gasteiger partial charge in [-0.2, -0.15) is 0 Å². The average molecular weight is 423 g/mol. The van der Waals surface area contributed by atoms with Crippen LogP contribution >= 0.6 is 0 Å². The van der Waals surface area contributed by atoms with Crippen molar-refractivity contribution in [2.45, 2.75) is 99.0 Å². The molecule has 0 bridgehead atoms. The topological polar surface area (TPSA) is 61.8 Å². The molecule has 3 fully saturated rings. The minimum atomic E-state index is -0.333. The van der Waals surface area contributed by atoms with Crippen molar-refractivity contribution in [2.24, 2.45) is 34.0 Å². The highest BCUT2D eigenvalue weighted by molar-refractivity contribution is 5.82. The molecule has 0 aromatic rings. The van der Waals surface area contributed by atoms with Gasteiger partial charge in [0.15, 0.2) is 6.79 Å². The molecular weight excluding hydrogens is 380 g/mol. The SMILES string of the molecule is CCOCOC(=O)C1CCC2CCC(OC(=O)C3(CC(C)(C)C)CC3(C)C)CC2C1. The maximum atomic E-state index is 13.3. The predicted octanol–water partition coefficient (Wildman–Crippen LogP) is 5.50. The van der Waals surface area contributed by atoms with Gasteiger partial charge in [0.1, 0.15) is 6.10 Å². The molecule has 0 heterocycles. The summed E-state index contributed by atoms with van der Waals surface area (Å²) in [5.74, 6) is 0.924. The normalized spacial score (nSPS) is 35.3. The highest BCUT2D eigenvalue weighted by Gasteiger charge is 2.68. The Morgan fingerprint density at radius 2 is 1.67 bits per heavy atom. The second-order valence-electron chi connectivity index (χ2n) is 11.8. The Hall–Kier alpha value is -1.10. The average Bonchev–Trinajstić information content (AvgIpc) is 3.20. The van der Waals surface area contributed by atoms with Gasteiger partial charge < -0.3 is 14.2 Å². The molecule has 5 atom stereocenters. The maximum absolute atomic E-state index is 13.3. The molecule has 172 valence electrons. The first-order valence-corrected chi connectivity index (χ1v) is 11.9. The zero-order valence-corrected chi connectivity index (χ0v) is 19.9. The highest BCUT2D eigenvalue weighted by Crippen LogP contribution is 2.68. The minimum Gasteiger partial charge on any atom is -0.462 e. The third-order valence-electron chi connectivity index (χ3n) is 7.80. The van der Waals surface area contributed by atoms with Crippen molar-refractivity contribution < 1.29 is 23.8 Å². The van der Waals surface area contributed by atoms with Crippen LogP contribution in [0.15, 0.2) is 0 Å². The van der Waals surface area contributed by atoms with Gasteiger partial charge in [0, 0.05) is 6.61 Å². The van der Waals surface area contributed by atoms with Gasteiger partial charge in [0.2, 0.25) is 0 Å². The van der Waals surface area contributed by atoms with Crippen molar-refractivity contribution in [2.75, 3.05) is 13.4 Å². The number of esters is 2. The summed E-state index contributed by atoms with van der Waals surface area (Å²) in [7, 11) is 0. The number of carbonyl (C=O) groups is 2. The van der Waals surface area contributed by atoms with E-state index >= 15 is 0 Å². The van der Waals surface area contributed by atoms with E-state index in [9.17, 15) is 9.59 Å². The fourth-order valence-corrected chi connectivity index (χ4v) is 6.08. The summed E-state index contributed by atoms with van der Waals surface area (Å²) in [5.41, 5.74) is -0.210. The van der Waals surface area contributed by atoms with E-state index in [0.717, 1.165) is 51.4 Å². The third-order valence-corrected chi connectivity index (χ3v) is 7.80. The van der Waals surface area contributed by atoms with Crippen molar-refractivity contribution in [1.29, 1.82) is 0 Å². The molecule has 0 aromatic heterocycles. The molecule has 3 aliphatic rings. The van der Waals surface area contributed by atoms with Gasteiger partial charge in [-0.05, 0) is 81.0 Å². The van der Waals surface area contributed by atoms with Crippen molar-refractivity contribution in [3.63, 3.8) is 0 Å². The maximum Gasteiger partial charge on any atom is 0.312 e. The quantitative estimate of drug-likeness (QED) is 0.308. The first-order valence-electron chi connectivity index (χ1n) is 11.9. The number of carbonyl (C=O) groups excluding carboxylic acids is 2. The van der Waals surface area contributed by atoms with Crippen LogP contribution in [0.1, 0.15) is 92.9 Å². The molecular formula is C25H42O5. The molecule has 0 amide bonds. The van der Waals surface area contributed by atoms with Crippen LogP contribution < -0.4 is 0 Å². The number of fused-ring (bicyclic) bond motifs is 1. The molecule has 3 aliphatic carbocycles. The zero-order chi connectivity index (χ0) is 22.2. The Balaban J connectivity index is 1.55. The molecule has 0 radical (unpaired) electrons. The summed E-state index contributed by atoms with van der Waals surface area (Å²) in [4.78, 5) is 25.6. The molecule has 5 unspecified atom stereocenters. The van der Waals surface area contributed by atoms with E-state index in [1.165, 1.54) is 0 Å². The summed E-state index contributed by atoms with van der Waals surface area (Å²) in [6.07, 6.45) is 7.55. The predicted molar refractivity (Wildman–Crippen MR) is 116 cm³/mol. The Morgan fingerprint density at radius 1 is 1.00 bits per heavy atom. The van der Waals surface area contributed by atoms with E-state index in [1.54, 1.807) is 0 Å². The summed E-state index contributed by atoms with van der Waals surface area (Å²) in [6, 6.07) is 0. The molecule has 0 spiro atoms. The second kappa shape index (κ2) is 8.80. The van der Waals surface area contributed by atoms with E-state index in [-0.39, 0.29) is 47.0 Å². The lowest BCUT2D eigenvalue weighted by atomic mass is 9.67. The van der Waals surface area contributed by atoms with Gasteiger partial charge >= 0.3 is 11.9 Å². The van der Waals surface area contributed by atoms with Crippen LogP contribution in [0.5, 0.6) is 0 Å². The molecule has 0 saturated heterocycles. The zero-order valence-electron chi connectivity index (χ0n) is 19.9. The van der Waals surface area contributed by atoms with Crippen molar-refractivity contribution in [3.05, 3.63) is 0 Å². The van der Waals surface area contributed by atoms with Crippen LogP contribution in [0.3, 0.4) is 0 Å². The largest absolute Gasteiger partial charge is 0.462 e. The Labute approximate surface area is 182 Å². The van der Waals surface area contributed by atoms with Crippen LogP contribution in [0, 0.1) is 34.0 Å². The number of ether oxygens (including phenoxy) is 3. The van der Waals surface area contributed by atoms with E-state index in [0.29, 0.717) is 18.4 Å². The van der Waals surface area contributed by atoms with Gasteiger partial charge in [-0.3, -0.25) is 9.59 Å². The number of hydrogen-bond acceptors (Lipinski definition) is 5. The van der Waals surface area contributed by atoms with Crippen molar-refractivity contribution >= 4 is 11.9 Å². The second-order valence-corrected chi connectivity index (χ2v) is 11.8. The molecule has 0 aliphatic heterocycles. The molecule has 3 saturated carbocycles. The standard InChI is InChI=1S/C25H42O5/c1-7-28-16-29-21(26)18-9-8-17-10-11-20(13-19(17)12-18)30-22(27)25(14-23(2,3)4)15-24(25,5)6/h17-20H,7-16H2,1-6H3. The summed E-state index contributed by atoms with van der Waals surface area (Å²) >= 11 is 0. The molecule has 5 heteroatoms. The lowest BCUT2D eigenvalue weighted by Gasteiger charge is -2.41. The van der Waals surface area contributed by atoms with E-state index in [2.05, 4.69) is 34.6 Å². The van der Waals surface area contributed by atoms with Crippen LogP contribution in [0.25, 0.3) is 0 Å². The van der Waals surface area contributed by atoms with Crippen molar-refractivity contribution in [3.8, 4) is 0 Å². The van der Waals surface area contributed by atoms with Gasteiger partial charge in [0.05, 0.1) is 11.3 Å². The smallest absolute Gasteiger partial charge is 0.312 e. The Morgan fingerprint density at radius 3 is 2.27 bits per heavy atom. The van der Waals surface area contributed by atoms with Gasteiger partial charge in [-0.15, -0.1) is 0 Å². The fourth-order valence-electron chi connectivity index (χ4n) is 6.08. The van der Waals surface area contributed by atoms with E-state index in [1.807, 2.05) is 6.92 Å². The minimum absolute atomic E-state index is 0.00867. The van der Waals surface area contributed by atoms with E-state index < -0.39 is 0 Å². The Bertz CT molecular complexity index is 634. The molecule has 30 heavy (non-hydrogen) atoms. The summed E-state index contributed by atoms with van der Waals surface area (Å²) in [6.45, 7) is 13.5. The summed E-state index contributed by atoms with van der Waals surface area (Å²) in [5, 5.41) is 0. The third kappa shape index (κ3) is 5.20. The van der Waals surface area contributed by atoms with Crippen LogP contribution in [0.4, 0.5) is 0 Å². The first-order chi connectivity index (χ1) is 14.0. The molecule has 0 N–H and O–H groups in total. The van der Waals surface area contributed by atoms with Crippen LogP contribution in [-0.2, 0) is 23.8 Å². The number of rotatable bonds is 7. The van der Waals surface area contributed by atoms with Crippen LogP contribution in [-0.4, -0.2) is 31.4 Å². The lowest BCUT2D eigenvalue weighted by molar-refractivity contribution is -0.167.